The molecule has 0 bridgehead atoms. The summed E-state index contributed by atoms with van der Waals surface area (Å²) in [5.74, 6) is 0.181. The third-order valence-electron chi connectivity index (χ3n) is 1.72. The van der Waals surface area contributed by atoms with E-state index in [4.69, 9.17) is 4.74 Å². The van der Waals surface area contributed by atoms with Gasteiger partial charge in [-0.3, -0.25) is 0 Å². The van der Waals surface area contributed by atoms with E-state index in [9.17, 15) is 8.78 Å². The van der Waals surface area contributed by atoms with E-state index in [0.29, 0.717) is 11.3 Å². The molecule has 0 amide bonds. The number of rotatable bonds is 2. The second kappa shape index (κ2) is 3.68. The highest BCUT2D eigenvalue weighted by atomic mass is 19.3. The van der Waals surface area contributed by atoms with Gasteiger partial charge < -0.3 is 4.74 Å². The molecule has 0 unspecified atom stereocenters. The third kappa shape index (κ3) is 1.94. The number of halogens is 2. The molecule has 72 valence electrons. The van der Waals surface area contributed by atoms with Crippen LogP contribution in [0.4, 0.5) is 8.78 Å². The van der Waals surface area contributed by atoms with Gasteiger partial charge in [-0.2, -0.15) is 0 Å². The van der Waals surface area contributed by atoms with E-state index in [-0.39, 0.29) is 11.4 Å². The monoisotopic (exact) mass is 187 g/mol. The first-order valence-corrected chi connectivity index (χ1v) is 3.86. The standard InChI is InChI=1S/C9H11F2NO/c1-5-4-6(2)12-7(9(10)11)8(5)13-3/h4,9H,1-3H3. The van der Waals surface area contributed by atoms with Crippen molar-refractivity contribution in [2.45, 2.75) is 20.3 Å². The largest absolute Gasteiger partial charge is 0.494 e. The van der Waals surface area contributed by atoms with E-state index < -0.39 is 6.43 Å². The summed E-state index contributed by atoms with van der Waals surface area (Å²) in [5.41, 5.74) is 0.985. The second-order valence-electron chi connectivity index (χ2n) is 2.80. The molecule has 0 aliphatic rings. The maximum absolute atomic E-state index is 12.4. The quantitative estimate of drug-likeness (QED) is 0.710. The molecule has 13 heavy (non-hydrogen) atoms. The third-order valence-corrected chi connectivity index (χ3v) is 1.72. The van der Waals surface area contributed by atoms with Crippen LogP contribution in [0.5, 0.6) is 5.75 Å². The van der Waals surface area contributed by atoms with E-state index in [0.717, 1.165) is 0 Å². The minimum Gasteiger partial charge on any atom is -0.494 e. The Bertz CT molecular complexity index is 313. The molecule has 0 saturated heterocycles. The zero-order valence-corrected chi connectivity index (χ0v) is 7.77. The molecule has 1 heterocycles. The highest BCUT2D eigenvalue weighted by Gasteiger charge is 2.17. The Morgan fingerprint density at radius 1 is 1.38 bits per heavy atom. The number of aromatic nitrogens is 1. The van der Waals surface area contributed by atoms with E-state index in [1.807, 2.05) is 0 Å². The van der Waals surface area contributed by atoms with E-state index in [1.165, 1.54) is 7.11 Å². The topological polar surface area (TPSA) is 22.1 Å². The number of aryl methyl sites for hydroxylation is 2. The molecule has 0 spiro atoms. The lowest BCUT2D eigenvalue weighted by atomic mass is 10.2. The van der Waals surface area contributed by atoms with Gasteiger partial charge in [0.15, 0.2) is 0 Å². The van der Waals surface area contributed by atoms with Crippen LogP contribution >= 0.6 is 0 Å². The zero-order valence-electron chi connectivity index (χ0n) is 7.77. The average Bonchev–Trinajstić information content (AvgIpc) is 2.02. The first-order valence-electron chi connectivity index (χ1n) is 3.86. The Balaban J connectivity index is 3.29. The molecule has 0 aliphatic heterocycles. The van der Waals surface area contributed by atoms with Gasteiger partial charge in [0.25, 0.3) is 6.43 Å². The van der Waals surface area contributed by atoms with Gasteiger partial charge in [0.05, 0.1) is 7.11 Å². The summed E-state index contributed by atoms with van der Waals surface area (Å²) in [6.45, 7) is 3.40. The molecular weight excluding hydrogens is 176 g/mol. The molecule has 1 rings (SSSR count). The van der Waals surface area contributed by atoms with Crippen molar-refractivity contribution in [3.63, 3.8) is 0 Å². The van der Waals surface area contributed by atoms with Crippen molar-refractivity contribution in [1.29, 1.82) is 0 Å². The fourth-order valence-corrected chi connectivity index (χ4v) is 1.27. The van der Waals surface area contributed by atoms with Crippen LogP contribution in [-0.4, -0.2) is 12.1 Å². The first kappa shape index (κ1) is 9.89. The number of nitrogens with zero attached hydrogens (tertiary/aromatic N) is 1. The van der Waals surface area contributed by atoms with Gasteiger partial charge in [-0.15, -0.1) is 0 Å². The minimum absolute atomic E-state index is 0.181. The van der Waals surface area contributed by atoms with Crippen LogP contribution < -0.4 is 4.74 Å². The van der Waals surface area contributed by atoms with Crippen molar-refractivity contribution in [1.82, 2.24) is 4.98 Å². The molecule has 0 N–H and O–H groups in total. The highest BCUT2D eigenvalue weighted by molar-refractivity contribution is 5.38. The zero-order chi connectivity index (χ0) is 10.0. The van der Waals surface area contributed by atoms with Crippen LogP contribution in [0.15, 0.2) is 6.07 Å². The van der Waals surface area contributed by atoms with Gasteiger partial charge in [0.1, 0.15) is 11.4 Å². The lowest BCUT2D eigenvalue weighted by molar-refractivity contribution is 0.141. The summed E-state index contributed by atoms with van der Waals surface area (Å²) in [4.78, 5) is 3.73. The lowest BCUT2D eigenvalue weighted by Gasteiger charge is -2.10. The van der Waals surface area contributed by atoms with Crippen molar-refractivity contribution < 1.29 is 13.5 Å². The van der Waals surface area contributed by atoms with Crippen LogP contribution in [-0.2, 0) is 0 Å². The molecule has 1 aromatic rings. The van der Waals surface area contributed by atoms with Gasteiger partial charge in [0, 0.05) is 5.69 Å². The molecular formula is C9H11F2NO. The summed E-state index contributed by atoms with van der Waals surface area (Å²) in [5, 5.41) is 0. The highest BCUT2D eigenvalue weighted by Crippen LogP contribution is 2.30. The minimum atomic E-state index is -2.59. The van der Waals surface area contributed by atoms with Crippen LogP contribution in [0.3, 0.4) is 0 Å². The molecule has 0 atom stereocenters. The smallest absolute Gasteiger partial charge is 0.284 e. The van der Waals surface area contributed by atoms with Gasteiger partial charge in [-0.25, -0.2) is 13.8 Å². The summed E-state index contributed by atoms with van der Waals surface area (Å²) < 4.78 is 29.7. The Hall–Kier alpha value is -1.19. The van der Waals surface area contributed by atoms with Gasteiger partial charge >= 0.3 is 0 Å². The Kier molecular flexibility index (Phi) is 2.80. The molecule has 0 aromatic carbocycles. The molecule has 0 aliphatic carbocycles. The second-order valence-corrected chi connectivity index (χ2v) is 2.80. The van der Waals surface area contributed by atoms with E-state index in [1.54, 1.807) is 19.9 Å². The summed E-state index contributed by atoms with van der Waals surface area (Å²) in [6.07, 6.45) is -2.59. The molecule has 0 fully saturated rings. The van der Waals surface area contributed by atoms with Gasteiger partial charge in [-0.05, 0) is 25.5 Å². The van der Waals surface area contributed by atoms with Crippen molar-refractivity contribution >= 4 is 0 Å². The van der Waals surface area contributed by atoms with Crippen LogP contribution in [0.1, 0.15) is 23.4 Å². The van der Waals surface area contributed by atoms with Crippen molar-refractivity contribution in [2.24, 2.45) is 0 Å². The lowest BCUT2D eigenvalue weighted by Crippen LogP contribution is -2.00. The van der Waals surface area contributed by atoms with E-state index >= 15 is 0 Å². The number of hydrogen-bond acceptors (Lipinski definition) is 2. The number of pyridine rings is 1. The molecule has 0 saturated carbocycles. The summed E-state index contributed by atoms with van der Waals surface area (Å²) >= 11 is 0. The van der Waals surface area contributed by atoms with Crippen LogP contribution in [0.2, 0.25) is 0 Å². The van der Waals surface area contributed by atoms with Crippen molar-refractivity contribution in [3.05, 3.63) is 23.0 Å². The van der Waals surface area contributed by atoms with Crippen molar-refractivity contribution in [3.8, 4) is 5.75 Å². The maximum Gasteiger partial charge on any atom is 0.284 e. The number of alkyl halides is 2. The molecule has 0 radical (unpaired) electrons. The van der Waals surface area contributed by atoms with Gasteiger partial charge in [0.2, 0.25) is 0 Å². The van der Waals surface area contributed by atoms with Crippen LogP contribution in [0, 0.1) is 13.8 Å². The number of methoxy groups -OCH3 is 1. The fraction of sp³-hybridized carbons (Fsp3) is 0.444. The molecule has 2 nitrogen and oxygen atoms in total. The normalized spacial score (nSPS) is 10.6. The average molecular weight is 187 g/mol. The molecule has 1 aromatic heterocycles. The first-order chi connectivity index (χ1) is 6.06. The summed E-state index contributed by atoms with van der Waals surface area (Å²) in [6, 6.07) is 1.71. The predicted molar refractivity (Wildman–Crippen MR) is 45.2 cm³/mol. The summed E-state index contributed by atoms with van der Waals surface area (Å²) in [7, 11) is 1.37. The number of hydrogen-bond donors (Lipinski definition) is 0. The SMILES string of the molecule is COc1c(C)cc(C)nc1C(F)F. The van der Waals surface area contributed by atoms with Crippen LogP contribution in [0.25, 0.3) is 0 Å². The molecule has 4 heteroatoms. The fourth-order valence-electron chi connectivity index (χ4n) is 1.27. The Morgan fingerprint density at radius 3 is 2.46 bits per heavy atom. The van der Waals surface area contributed by atoms with Crippen molar-refractivity contribution in [2.75, 3.05) is 7.11 Å². The van der Waals surface area contributed by atoms with Gasteiger partial charge in [-0.1, -0.05) is 0 Å². The number of ether oxygens (including phenoxy) is 1. The van der Waals surface area contributed by atoms with E-state index in [2.05, 4.69) is 4.98 Å². The predicted octanol–water partition coefficient (Wildman–Crippen LogP) is 2.64. The maximum atomic E-state index is 12.4. The Labute approximate surface area is 75.6 Å². The Morgan fingerprint density at radius 2 is 2.00 bits per heavy atom.